The van der Waals surface area contributed by atoms with E-state index < -0.39 is 27.4 Å². The quantitative estimate of drug-likeness (QED) is 0.599. The van der Waals surface area contributed by atoms with Crippen molar-refractivity contribution < 1.29 is 19.7 Å². The van der Waals surface area contributed by atoms with Crippen LogP contribution in [0.15, 0.2) is 10.1 Å². The van der Waals surface area contributed by atoms with Crippen molar-refractivity contribution in [3.63, 3.8) is 0 Å². The highest BCUT2D eigenvalue weighted by Gasteiger charge is 2.84. The highest BCUT2D eigenvalue weighted by Crippen LogP contribution is 2.73. The van der Waals surface area contributed by atoms with Gasteiger partial charge in [-0.25, -0.2) is 0 Å². The van der Waals surface area contributed by atoms with Crippen molar-refractivity contribution in [2.75, 3.05) is 27.4 Å². The first-order valence-electron chi connectivity index (χ1n) is 5.59. The van der Waals surface area contributed by atoms with Gasteiger partial charge in [0.15, 0.2) is 0 Å². The van der Waals surface area contributed by atoms with Crippen molar-refractivity contribution in [1.82, 2.24) is 0 Å². The van der Waals surface area contributed by atoms with Crippen LogP contribution >= 0.6 is 46.4 Å². The van der Waals surface area contributed by atoms with Gasteiger partial charge in [0.2, 0.25) is 5.79 Å². The lowest BCUT2D eigenvalue weighted by Gasteiger charge is -2.41. The highest BCUT2D eigenvalue weighted by atomic mass is 35.5. The molecular formula is C11H14Cl4O4. The first-order valence-corrected chi connectivity index (χ1v) is 7.10. The van der Waals surface area contributed by atoms with Crippen molar-refractivity contribution in [2.24, 2.45) is 11.8 Å². The minimum atomic E-state index is -1.56. The molecule has 0 saturated heterocycles. The molecule has 4 nitrogen and oxygen atoms in total. The van der Waals surface area contributed by atoms with Gasteiger partial charge in [0.25, 0.3) is 0 Å². The van der Waals surface area contributed by atoms with Gasteiger partial charge < -0.3 is 19.7 Å². The number of methoxy groups -OCH3 is 2. The Balaban J connectivity index is 2.77. The van der Waals surface area contributed by atoms with Crippen LogP contribution in [0.4, 0.5) is 0 Å². The van der Waals surface area contributed by atoms with E-state index in [9.17, 15) is 10.2 Å². The van der Waals surface area contributed by atoms with E-state index in [0.717, 1.165) is 0 Å². The first kappa shape index (κ1) is 16.1. The molecule has 2 rings (SSSR count). The third kappa shape index (κ3) is 1.42. The molecule has 0 spiro atoms. The molecule has 1 saturated carbocycles. The number of ether oxygens (including phenoxy) is 2. The van der Waals surface area contributed by atoms with Crippen molar-refractivity contribution >= 4 is 46.4 Å². The van der Waals surface area contributed by atoms with E-state index in [-0.39, 0.29) is 23.3 Å². The summed E-state index contributed by atoms with van der Waals surface area (Å²) in [7, 11) is 2.73. The molecule has 0 aliphatic heterocycles. The number of hydrogen-bond donors (Lipinski definition) is 2. The van der Waals surface area contributed by atoms with Gasteiger partial charge in [-0.15, -0.1) is 23.2 Å². The van der Waals surface area contributed by atoms with Crippen LogP contribution in [0.25, 0.3) is 0 Å². The summed E-state index contributed by atoms with van der Waals surface area (Å²) < 4.78 is 10.9. The highest BCUT2D eigenvalue weighted by molar-refractivity contribution is 6.52. The Labute approximate surface area is 131 Å². The summed E-state index contributed by atoms with van der Waals surface area (Å²) in [5.74, 6) is -2.85. The van der Waals surface area contributed by atoms with Crippen molar-refractivity contribution in [2.45, 2.75) is 15.5 Å². The Bertz CT molecular complexity index is 391. The fourth-order valence-corrected chi connectivity index (χ4v) is 5.63. The Kier molecular flexibility index (Phi) is 4.15. The predicted molar refractivity (Wildman–Crippen MR) is 73.8 cm³/mol. The van der Waals surface area contributed by atoms with Crippen LogP contribution in [0.3, 0.4) is 0 Å². The van der Waals surface area contributed by atoms with Crippen molar-refractivity contribution in [3.8, 4) is 0 Å². The van der Waals surface area contributed by atoms with Crippen LogP contribution < -0.4 is 0 Å². The molecule has 2 N–H and O–H groups in total. The minimum Gasteiger partial charge on any atom is -0.396 e. The molecule has 8 heteroatoms. The summed E-state index contributed by atoms with van der Waals surface area (Å²) in [6, 6.07) is 0. The van der Waals surface area contributed by atoms with Gasteiger partial charge >= 0.3 is 0 Å². The zero-order chi connectivity index (χ0) is 14.6. The number of aliphatic hydroxyl groups is 2. The number of hydrogen-bond acceptors (Lipinski definition) is 4. The zero-order valence-corrected chi connectivity index (χ0v) is 13.3. The molecular weight excluding hydrogens is 338 g/mol. The van der Waals surface area contributed by atoms with Crippen LogP contribution in [0.1, 0.15) is 0 Å². The third-order valence-electron chi connectivity index (χ3n) is 4.27. The van der Waals surface area contributed by atoms with E-state index in [1.807, 2.05) is 0 Å². The topological polar surface area (TPSA) is 58.9 Å². The molecule has 2 bridgehead atoms. The minimum absolute atomic E-state index is 0.0817. The second kappa shape index (κ2) is 4.89. The Morgan fingerprint density at radius 1 is 0.947 bits per heavy atom. The SMILES string of the molecule is COC1(OC)[C@@]2(Cl)C(Cl)=C(Cl)[C@]1(Cl)[C@H](CO)[C@@H]2CO. The maximum atomic E-state index is 9.61. The Hall–Kier alpha value is 0.740. The largest absolute Gasteiger partial charge is 0.396 e. The molecule has 0 radical (unpaired) electrons. The summed E-state index contributed by atoms with van der Waals surface area (Å²) in [5, 5.41) is 19.4. The number of rotatable bonds is 4. The predicted octanol–water partition coefficient (Wildman–Crippen LogP) is 1.86. The van der Waals surface area contributed by atoms with E-state index in [0.29, 0.717) is 0 Å². The lowest BCUT2D eigenvalue weighted by atomic mass is 9.83. The fraction of sp³-hybridized carbons (Fsp3) is 0.818. The molecule has 0 amide bonds. The summed E-state index contributed by atoms with van der Waals surface area (Å²) in [4.78, 5) is -2.89. The molecule has 2 aliphatic carbocycles. The van der Waals surface area contributed by atoms with Crippen LogP contribution in [-0.4, -0.2) is 53.2 Å². The first-order chi connectivity index (χ1) is 8.83. The Morgan fingerprint density at radius 3 is 1.47 bits per heavy atom. The molecule has 2 aliphatic rings. The average molecular weight is 352 g/mol. The number of fused-ring (bicyclic) bond motifs is 2. The van der Waals surface area contributed by atoms with Gasteiger partial charge in [-0.2, -0.15) is 0 Å². The molecule has 0 aromatic heterocycles. The molecule has 0 heterocycles. The van der Waals surface area contributed by atoms with Crippen LogP contribution in [0, 0.1) is 11.8 Å². The van der Waals surface area contributed by atoms with Crippen LogP contribution in [-0.2, 0) is 9.47 Å². The number of aliphatic hydroxyl groups excluding tert-OH is 2. The number of halogens is 4. The van der Waals surface area contributed by atoms with Crippen molar-refractivity contribution in [3.05, 3.63) is 10.1 Å². The molecule has 110 valence electrons. The van der Waals surface area contributed by atoms with Gasteiger partial charge in [0.05, 0.1) is 10.1 Å². The van der Waals surface area contributed by atoms with E-state index in [1.54, 1.807) is 0 Å². The van der Waals surface area contributed by atoms with Crippen molar-refractivity contribution in [1.29, 1.82) is 0 Å². The third-order valence-corrected chi connectivity index (χ3v) is 6.97. The standard InChI is InChI=1S/C11H14Cl4O4/c1-18-11(19-2)9(14)5(3-16)6(4-17)10(11,15)8(13)7(9)12/h5-6,16-17H,3-4H2,1-2H3/t5-,6+,9-,10+. The molecule has 19 heavy (non-hydrogen) atoms. The monoisotopic (exact) mass is 350 g/mol. The van der Waals surface area contributed by atoms with Crippen LogP contribution in [0.2, 0.25) is 0 Å². The van der Waals surface area contributed by atoms with E-state index in [4.69, 9.17) is 55.9 Å². The van der Waals surface area contributed by atoms with Crippen LogP contribution in [0.5, 0.6) is 0 Å². The summed E-state index contributed by atoms with van der Waals surface area (Å²) >= 11 is 25.6. The number of alkyl halides is 2. The smallest absolute Gasteiger partial charge is 0.217 e. The lowest BCUT2D eigenvalue weighted by Crippen LogP contribution is -2.57. The Morgan fingerprint density at radius 2 is 1.26 bits per heavy atom. The van der Waals surface area contributed by atoms with Gasteiger partial charge in [-0.05, 0) is 0 Å². The maximum absolute atomic E-state index is 9.61. The van der Waals surface area contributed by atoms with E-state index >= 15 is 0 Å². The van der Waals surface area contributed by atoms with Gasteiger partial charge in [-0.3, -0.25) is 0 Å². The maximum Gasteiger partial charge on any atom is 0.217 e. The van der Waals surface area contributed by atoms with Gasteiger partial charge in [-0.1, -0.05) is 23.2 Å². The molecule has 1 fully saturated rings. The summed E-state index contributed by atoms with van der Waals surface area (Å²) in [5.41, 5.74) is 0. The molecule has 0 aromatic carbocycles. The lowest BCUT2D eigenvalue weighted by molar-refractivity contribution is -0.221. The second-order valence-corrected chi connectivity index (χ2v) is 6.60. The average Bonchev–Trinajstić information content (AvgIpc) is 2.66. The zero-order valence-electron chi connectivity index (χ0n) is 10.3. The fourth-order valence-electron chi connectivity index (χ4n) is 3.42. The van der Waals surface area contributed by atoms with Gasteiger partial charge in [0, 0.05) is 39.3 Å². The summed E-state index contributed by atoms with van der Waals surface area (Å²) in [6.45, 7) is -0.671. The molecule has 4 atom stereocenters. The summed E-state index contributed by atoms with van der Waals surface area (Å²) in [6.07, 6.45) is 0. The van der Waals surface area contributed by atoms with E-state index in [2.05, 4.69) is 0 Å². The normalized spacial score (nSPS) is 44.2. The second-order valence-electron chi connectivity index (χ2n) is 4.65. The van der Waals surface area contributed by atoms with E-state index in [1.165, 1.54) is 14.2 Å². The van der Waals surface area contributed by atoms with Gasteiger partial charge in [0.1, 0.15) is 9.75 Å². The molecule has 0 aromatic rings. The molecule has 0 unspecified atom stereocenters.